The predicted molar refractivity (Wildman–Crippen MR) is 89.2 cm³/mol. The van der Waals surface area contributed by atoms with Crippen LogP contribution in [0.25, 0.3) is 11.0 Å². The molecule has 0 radical (unpaired) electrons. The molecular formula is C15H7Br3O2. The summed E-state index contributed by atoms with van der Waals surface area (Å²) in [7, 11) is 0. The molecule has 0 saturated heterocycles. The van der Waals surface area contributed by atoms with Crippen molar-refractivity contribution < 1.29 is 9.21 Å². The second kappa shape index (κ2) is 5.47. The Hall–Kier alpha value is -0.910. The molecular weight excluding hydrogens is 452 g/mol. The topological polar surface area (TPSA) is 30.2 Å². The first kappa shape index (κ1) is 14.0. The van der Waals surface area contributed by atoms with Gasteiger partial charge in [-0.05, 0) is 58.4 Å². The summed E-state index contributed by atoms with van der Waals surface area (Å²) >= 11 is 10.2. The van der Waals surface area contributed by atoms with Crippen LogP contribution in [-0.4, -0.2) is 5.78 Å². The highest BCUT2D eigenvalue weighted by molar-refractivity contribution is 9.11. The van der Waals surface area contributed by atoms with Gasteiger partial charge < -0.3 is 4.42 Å². The number of carbonyl (C=O) groups is 1. The molecule has 1 aromatic heterocycles. The van der Waals surface area contributed by atoms with E-state index >= 15 is 0 Å². The zero-order valence-corrected chi connectivity index (χ0v) is 14.7. The lowest BCUT2D eigenvalue weighted by Crippen LogP contribution is -1.98. The van der Waals surface area contributed by atoms with Crippen molar-refractivity contribution in [2.45, 2.75) is 0 Å². The molecule has 0 atom stereocenters. The highest BCUT2D eigenvalue weighted by Crippen LogP contribution is 2.31. The molecule has 0 N–H and O–H groups in total. The van der Waals surface area contributed by atoms with Gasteiger partial charge in [-0.2, -0.15) is 0 Å². The predicted octanol–water partition coefficient (Wildman–Crippen LogP) is 5.95. The molecule has 20 heavy (non-hydrogen) atoms. The maximum Gasteiger partial charge on any atom is 0.228 e. The van der Waals surface area contributed by atoms with E-state index in [1.54, 1.807) is 18.2 Å². The van der Waals surface area contributed by atoms with Crippen molar-refractivity contribution in [3.05, 3.63) is 67.2 Å². The Morgan fingerprint density at radius 2 is 1.60 bits per heavy atom. The van der Waals surface area contributed by atoms with Crippen LogP contribution >= 0.6 is 47.8 Å². The number of halogens is 3. The summed E-state index contributed by atoms with van der Waals surface area (Å²) in [5.41, 5.74) is 1.27. The van der Waals surface area contributed by atoms with Gasteiger partial charge in [-0.15, -0.1) is 0 Å². The first-order valence-corrected chi connectivity index (χ1v) is 8.11. The van der Waals surface area contributed by atoms with E-state index in [2.05, 4.69) is 47.8 Å². The van der Waals surface area contributed by atoms with E-state index in [0.29, 0.717) is 16.9 Å². The number of hydrogen-bond donors (Lipinski definition) is 0. The molecule has 0 amide bonds. The molecule has 2 aromatic carbocycles. The summed E-state index contributed by atoms with van der Waals surface area (Å²) in [6, 6.07) is 12.8. The number of rotatable bonds is 2. The molecule has 0 aliphatic heterocycles. The van der Waals surface area contributed by atoms with Gasteiger partial charge in [-0.25, -0.2) is 0 Å². The third-order valence-electron chi connectivity index (χ3n) is 2.87. The lowest BCUT2D eigenvalue weighted by atomic mass is 10.1. The maximum absolute atomic E-state index is 12.4. The highest BCUT2D eigenvalue weighted by Gasteiger charge is 2.16. The van der Waals surface area contributed by atoms with Gasteiger partial charge in [0.2, 0.25) is 5.78 Å². The van der Waals surface area contributed by atoms with Crippen molar-refractivity contribution in [2.75, 3.05) is 0 Å². The summed E-state index contributed by atoms with van der Waals surface area (Å²) in [5, 5.41) is 0.881. The van der Waals surface area contributed by atoms with Gasteiger partial charge >= 0.3 is 0 Å². The number of carbonyl (C=O) groups excluding carboxylic acids is 1. The Balaban J connectivity index is 2.08. The summed E-state index contributed by atoms with van der Waals surface area (Å²) in [6.45, 7) is 0. The summed E-state index contributed by atoms with van der Waals surface area (Å²) < 4.78 is 8.35. The van der Waals surface area contributed by atoms with Gasteiger partial charge in [0.15, 0.2) is 5.76 Å². The van der Waals surface area contributed by atoms with E-state index in [0.717, 1.165) is 18.8 Å². The number of ketones is 1. The van der Waals surface area contributed by atoms with Gasteiger partial charge in [-0.3, -0.25) is 4.79 Å². The molecule has 0 aliphatic rings. The molecule has 0 saturated carbocycles. The van der Waals surface area contributed by atoms with Crippen molar-refractivity contribution in [3.8, 4) is 0 Å². The largest absolute Gasteiger partial charge is 0.451 e. The van der Waals surface area contributed by atoms with Crippen LogP contribution in [0, 0.1) is 0 Å². The van der Waals surface area contributed by atoms with E-state index in [1.807, 2.05) is 24.3 Å². The number of hydrogen-bond acceptors (Lipinski definition) is 2. The highest BCUT2D eigenvalue weighted by atomic mass is 79.9. The molecule has 5 heteroatoms. The third kappa shape index (κ3) is 2.62. The molecule has 100 valence electrons. The lowest BCUT2D eigenvalue weighted by molar-refractivity contribution is 0.101. The first-order valence-electron chi connectivity index (χ1n) is 5.73. The Labute approximate surface area is 140 Å². The molecule has 0 unspecified atom stereocenters. The second-order valence-electron chi connectivity index (χ2n) is 4.25. The quantitative estimate of drug-likeness (QED) is 0.444. The van der Waals surface area contributed by atoms with E-state index in [4.69, 9.17) is 4.42 Å². The minimum Gasteiger partial charge on any atom is -0.451 e. The number of benzene rings is 2. The minimum atomic E-state index is -0.128. The van der Waals surface area contributed by atoms with Gasteiger partial charge in [0.05, 0.1) is 4.47 Å². The standard InChI is InChI=1S/C15H7Br3O2/c16-10-3-1-8(2-4-10)14(19)13-6-9-5-11(17)7-12(18)15(9)20-13/h1-7H. The first-order chi connectivity index (χ1) is 9.54. The second-order valence-corrected chi connectivity index (χ2v) is 6.94. The molecule has 0 bridgehead atoms. The van der Waals surface area contributed by atoms with E-state index in [-0.39, 0.29) is 5.78 Å². The van der Waals surface area contributed by atoms with E-state index in [9.17, 15) is 4.79 Å². The average Bonchev–Trinajstić information content (AvgIpc) is 2.83. The van der Waals surface area contributed by atoms with Crippen LogP contribution in [0.1, 0.15) is 16.1 Å². The SMILES string of the molecule is O=C(c1ccc(Br)cc1)c1cc2cc(Br)cc(Br)c2o1. The smallest absolute Gasteiger partial charge is 0.228 e. The molecule has 1 heterocycles. The molecule has 0 fully saturated rings. The fourth-order valence-electron chi connectivity index (χ4n) is 1.93. The Kier molecular flexibility index (Phi) is 3.84. The Bertz CT molecular complexity index is 804. The number of fused-ring (bicyclic) bond motifs is 1. The molecule has 0 aliphatic carbocycles. The van der Waals surface area contributed by atoms with Crippen molar-refractivity contribution in [3.63, 3.8) is 0 Å². The van der Waals surface area contributed by atoms with Crippen LogP contribution in [0.15, 0.2) is 60.3 Å². The van der Waals surface area contributed by atoms with Crippen LogP contribution in [0.4, 0.5) is 0 Å². The molecule has 3 aromatic rings. The van der Waals surface area contributed by atoms with Crippen LogP contribution < -0.4 is 0 Å². The Morgan fingerprint density at radius 3 is 2.30 bits per heavy atom. The van der Waals surface area contributed by atoms with Crippen molar-refractivity contribution in [2.24, 2.45) is 0 Å². The molecule has 0 spiro atoms. The summed E-state index contributed by atoms with van der Waals surface area (Å²) in [4.78, 5) is 12.4. The van der Waals surface area contributed by atoms with Crippen molar-refractivity contribution in [1.29, 1.82) is 0 Å². The molecule has 2 nitrogen and oxygen atoms in total. The lowest BCUT2D eigenvalue weighted by Gasteiger charge is -1.97. The maximum atomic E-state index is 12.4. The summed E-state index contributed by atoms with van der Waals surface area (Å²) in [6.07, 6.45) is 0. The zero-order chi connectivity index (χ0) is 14.3. The Morgan fingerprint density at radius 1 is 0.900 bits per heavy atom. The van der Waals surface area contributed by atoms with Crippen molar-refractivity contribution >= 4 is 64.5 Å². The van der Waals surface area contributed by atoms with E-state index in [1.165, 1.54) is 0 Å². The third-order valence-corrected chi connectivity index (χ3v) is 4.44. The number of furan rings is 1. The van der Waals surface area contributed by atoms with Crippen molar-refractivity contribution in [1.82, 2.24) is 0 Å². The van der Waals surface area contributed by atoms with Gasteiger partial charge in [-0.1, -0.05) is 31.9 Å². The van der Waals surface area contributed by atoms with Gasteiger partial charge in [0.1, 0.15) is 5.58 Å². The fourth-order valence-corrected chi connectivity index (χ4v) is 3.53. The zero-order valence-electron chi connectivity index (χ0n) is 9.99. The minimum absolute atomic E-state index is 0.128. The van der Waals surface area contributed by atoms with Gasteiger partial charge in [0.25, 0.3) is 0 Å². The molecule has 3 rings (SSSR count). The fraction of sp³-hybridized carbons (Fsp3) is 0. The van der Waals surface area contributed by atoms with Crippen LogP contribution in [0.5, 0.6) is 0 Å². The average molecular weight is 459 g/mol. The van der Waals surface area contributed by atoms with Crippen LogP contribution in [-0.2, 0) is 0 Å². The summed E-state index contributed by atoms with van der Waals surface area (Å²) in [5.74, 6) is 0.206. The van der Waals surface area contributed by atoms with E-state index < -0.39 is 0 Å². The van der Waals surface area contributed by atoms with Gasteiger partial charge in [0, 0.05) is 19.9 Å². The van der Waals surface area contributed by atoms with Crippen LogP contribution in [0.3, 0.4) is 0 Å². The monoisotopic (exact) mass is 456 g/mol. The normalized spacial score (nSPS) is 10.9. The van der Waals surface area contributed by atoms with Crippen LogP contribution in [0.2, 0.25) is 0 Å².